The first-order valence-electron chi connectivity index (χ1n) is 8.89. The van der Waals surface area contributed by atoms with Crippen molar-refractivity contribution in [2.45, 2.75) is 79.0 Å². The van der Waals surface area contributed by atoms with Crippen molar-refractivity contribution in [3.8, 4) is 0 Å². The molecule has 0 saturated heterocycles. The van der Waals surface area contributed by atoms with Gasteiger partial charge >= 0.3 is 6.09 Å². The number of ether oxygens (including phenoxy) is 1. The van der Waals surface area contributed by atoms with Gasteiger partial charge < -0.3 is 15.4 Å². The van der Waals surface area contributed by atoms with Gasteiger partial charge in [-0.1, -0.05) is 32.0 Å². The minimum absolute atomic E-state index is 0.292. The van der Waals surface area contributed by atoms with Gasteiger partial charge in [0.15, 0.2) is 0 Å². The largest absolute Gasteiger partial charge is 0.444 e. The second kappa shape index (κ2) is 8.52. The summed E-state index contributed by atoms with van der Waals surface area (Å²) < 4.78 is 5.42. The monoisotopic (exact) mass is 334 g/mol. The van der Waals surface area contributed by atoms with E-state index in [1.54, 1.807) is 0 Å². The zero-order valence-electron chi connectivity index (χ0n) is 16.4. The highest BCUT2D eigenvalue weighted by Crippen LogP contribution is 2.17. The lowest BCUT2D eigenvalue weighted by molar-refractivity contribution is 0.0446. The van der Waals surface area contributed by atoms with Crippen LogP contribution in [0.4, 0.5) is 4.79 Å². The quantitative estimate of drug-likeness (QED) is 0.773. The van der Waals surface area contributed by atoms with Crippen LogP contribution in [0.5, 0.6) is 0 Å². The van der Waals surface area contributed by atoms with Gasteiger partial charge in [-0.25, -0.2) is 4.79 Å². The molecule has 136 valence electrons. The van der Waals surface area contributed by atoms with Crippen LogP contribution in [0, 0.1) is 13.8 Å². The van der Waals surface area contributed by atoms with E-state index in [0.29, 0.717) is 6.54 Å². The Balaban J connectivity index is 2.68. The van der Waals surface area contributed by atoms with Gasteiger partial charge in [-0.3, -0.25) is 0 Å². The van der Waals surface area contributed by atoms with Gasteiger partial charge in [0.2, 0.25) is 0 Å². The molecule has 0 bridgehead atoms. The number of aryl methyl sites for hydroxylation is 1. The van der Waals surface area contributed by atoms with Crippen LogP contribution in [0.2, 0.25) is 0 Å². The maximum atomic E-state index is 12.2. The molecule has 4 heteroatoms. The minimum Gasteiger partial charge on any atom is -0.444 e. The number of benzene rings is 1. The number of carbonyl (C=O) groups is 1. The second-order valence-electron chi connectivity index (χ2n) is 7.58. The van der Waals surface area contributed by atoms with Crippen LogP contribution in [-0.2, 0) is 11.3 Å². The molecule has 0 aliphatic rings. The fourth-order valence-electron chi connectivity index (χ4n) is 2.68. The molecule has 0 radical (unpaired) electrons. The van der Waals surface area contributed by atoms with Crippen molar-refractivity contribution in [1.29, 1.82) is 0 Å². The van der Waals surface area contributed by atoms with Gasteiger partial charge in [-0.15, -0.1) is 0 Å². The minimum atomic E-state index is -0.483. The van der Waals surface area contributed by atoms with Gasteiger partial charge in [0.1, 0.15) is 5.60 Å². The lowest BCUT2D eigenvalue weighted by Gasteiger charge is -2.34. The van der Waals surface area contributed by atoms with E-state index in [-0.39, 0.29) is 11.6 Å². The molecule has 0 saturated carbocycles. The van der Waals surface area contributed by atoms with Crippen molar-refractivity contribution in [3.05, 3.63) is 34.9 Å². The molecule has 0 unspecified atom stereocenters. The normalized spacial score (nSPS) is 12.1. The molecule has 24 heavy (non-hydrogen) atoms. The highest BCUT2D eigenvalue weighted by Gasteiger charge is 2.30. The van der Waals surface area contributed by atoms with Crippen molar-refractivity contribution in [1.82, 2.24) is 10.6 Å². The molecule has 2 N–H and O–H groups in total. The van der Waals surface area contributed by atoms with Crippen LogP contribution in [0.15, 0.2) is 18.2 Å². The van der Waals surface area contributed by atoms with Gasteiger partial charge in [0.25, 0.3) is 0 Å². The SMILES string of the molecule is CCC(CC)(CNCc1cccc(C)c1C)NC(=O)OC(C)(C)C. The summed E-state index contributed by atoms with van der Waals surface area (Å²) in [5.41, 5.74) is 3.15. The first-order valence-corrected chi connectivity index (χ1v) is 8.89. The zero-order valence-corrected chi connectivity index (χ0v) is 16.4. The topological polar surface area (TPSA) is 50.4 Å². The van der Waals surface area contributed by atoms with E-state index in [4.69, 9.17) is 4.74 Å². The fraction of sp³-hybridized carbons (Fsp3) is 0.650. The number of hydrogen-bond acceptors (Lipinski definition) is 3. The van der Waals surface area contributed by atoms with Crippen molar-refractivity contribution >= 4 is 6.09 Å². The molecular formula is C20H34N2O2. The van der Waals surface area contributed by atoms with Crippen LogP contribution in [-0.4, -0.2) is 23.8 Å². The van der Waals surface area contributed by atoms with Crippen LogP contribution in [0.1, 0.15) is 64.2 Å². The van der Waals surface area contributed by atoms with Crippen molar-refractivity contribution in [2.24, 2.45) is 0 Å². The molecular weight excluding hydrogens is 300 g/mol. The van der Waals surface area contributed by atoms with Crippen LogP contribution < -0.4 is 10.6 Å². The molecule has 0 fully saturated rings. The highest BCUT2D eigenvalue weighted by molar-refractivity contribution is 5.68. The number of hydrogen-bond donors (Lipinski definition) is 2. The van der Waals surface area contributed by atoms with E-state index < -0.39 is 5.60 Å². The Morgan fingerprint density at radius 1 is 1.12 bits per heavy atom. The number of nitrogens with one attached hydrogen (secondary N) is 2. The van der Waals surface area contributed by atoms with E-state index in [9.17, 15) is 4.79 Å². The maximum absolute atomic E-state index is 12.2. The molecule has 0 spiro atoms. The Kier molecular flexibility index (Phi) is 7.27. The summed E-state index contributed by atoms with van der Waals surface area (Å²) in [4.78, 5) is 12.2. The second-order valence-corrected chi connectivity index (χ2v) is 7.58. The van der Waals surface area contributed by atoms with Crippen molar-refractivity contribution in [2.75, 3.05) is 6.54 Å². The van der Waals surface area contributed by atoms with Gasteiger partial charge in [-0.2, -0.15) is 0 Å². The average Bonchev–Trinajstić information content (AvgIpc) is 2.48. The van der Waals surface area contributed by atoms with E-state index in [0.717, 1.165) is 19.4 Å². The number of rotatable bonds is 7. The molecule has 0 aromatic heterocycles. The van der Waals surface area contributed by atoms with E-state index in [2.05, 4.69) is 56.5 Å². The Morgan fingerprint density at radius 3 is 2.29 bits per heavy atom. The maximum Gasteiger partial charge on any atom is 0.408 e. The Bertz CT molecular complexity index is 543. The van der Waals surface area contributed by atoms with Gasteiger partial charge in [0, 0.05) is 13.1 Å². The summed E-state index contributed by atoms with van der Waals surface area (Å²) in [6.45, 7) is 15.6. The fourth-order valence-corrected chi connectivity index (χ4v) is 2.68. The molecule has 0 aliphatic carbocycles. The molecule has 1 amide bonds. The van der Waals surface area contributed by atoms with Crippen LogP contribution >= 0.6 is 0 Å². The molecule has 1 aromatic rings. The number of amides is 1. The van der Waals surface area contributed by atoms with E-state index in [1.807, 2.05) is 20.8 Å². The van der Waals surface area contributed by atoms with Gasteiger partial charge in [0.05, 0.1) is 5.54 Å². The molecule has 4 nitrogen and oxygen atoms in total. The average molecular weight is 335 g/mol. The predicted octanol–water partition coefficient (Wildman–Crippen LogP) is 4.48. The third-order valence-electron chi connectivity index (χ3n) is 4.62. The molecule has 1 rings (SSSR count). The summed E-state index contributed by atoms with van der Waals surface area (Å²) in [7, 11) is 0. The summed E-state index contributed by atoms with van der Waals surface area (Å²) in [5, 5.41) is 6.59. The van der Waals surface area contributed by atoms with Crippen LogP contribution in [0.3, 0.4) is 0 Å². The zero-order chi connectivity index (χ0) is 18.4. The van der Waals surface area contributed by atoms with E-state index in [1.165, 1.54) is 16.7 Å². The van der Waals surface area contributed by atoms with Gasteiger partial charge in [-0.05, 0) is 64.2 Å². The predicted molar refractivity (Wildman–Crippen MR) is 100 cm³/mol. The van der Waals surface area contributed by atoms with Crippen molar-refractivity contribution < 1.29 is 9.53 Å². The van der Waals surface area contributed by atoms with Crippen LogP contribution in [0.25, 0.3) is 0 Å². The summed E-state index contributed by atoms with van der Waals surface area (Å²) >= 11 is 0. The Hall–Kier alpha value is -1.55. The number of alkyl carbamates (subject to hydrolysis) is 1. The smallest absolute Gasteiger partial charge is 0.408 e. The molecule has 1 aromatic carbocycles. The third-order valence-corrected chi connectivity index (χ3v) is 4.62. The first kappa shape index (κ1) is 20.5. The lowest BCUT2D eigenvalue weighted by Crippen LogP contribution is -2.55. The third kappa shape index (κ3) is 6.16. The van der Waals surface area contributed by atoms with E-state index >= 15 is 0 Å². The summed E-state index contributed by atoms with van der Waals surface area (Å²) in [6.07, 6.45) is 1.35. The number of carbonyl (C=O) groups excluding carboxylic acids is 1. The lowest BCUT2D eigenvalue weighted by atomic mass is 9.92. The summed E-state index contributed by atoms with van der Waals surface area (Å²) in [6, 6.07) is 6.37. The summed E-state index contributed by atoms with van der Waals surface area (Å²) in [5.74, 6) is 0. The molecule has 0 aliphatic heterocycles. The Labute approximate surface area is 147 Å². The Morgan fingerprint density at radius 2 is 1.75 bits per heavy atom. The first-order chi connectivity index (χ1) is 11.1. The molecule has 0 heterocycles. The standard InChI is InChI=1S/C20H34N2O2/c1-8-20(9-2,22-18(23)24-19(5,6)7)14-21-13-17-12-10-11-15(3)16(17)4/h10-12,21H,8-9,13-14H2,1-7H3,(H,22,23). The van der Waals surface area contributed by atoms with Crippen molar-refractivity contribution in [3.63, 3.8) is 0 Å². The highest BCUT2D eigenvalue weighted by atomic mass is 16.6. The molecule has 0 atom stereocenters.